The van der Waals surface area contributed by atoms with Crippen LogP contribution < -0.4 is 10.2 Å². The number of aromatic nitrogens is 1. The number of methoxy groups -OCH3 is 1. The van der Waals surface area contributed by atoms with Crippen LogP contribution in [-0.2, 0) is 25.7 Å². The zero-order valence-corrected chi connectivity index (χ0v) is 25.2. The van der Waals surface area contributed by atoms with E-state index in [4.69, 9.17) is 26.1 Å². The van der Waals surface area contributed by atoms with Gasteiger partial charge in [0, 0.05) is 61.2 Å². The molecule has 0 aliphatic carbocycles. The number of rotatable bonds is 9. The van der Waals surface area contributed by atoms with Gasteiger partial charge in [0.1, 0.15) is 18.5 Å². The molecule has 2 atom stereocenters. The van der Waals surface area contributed by atoms with Crippen molar-refractivity contribution in [2.24, 2.45) is 4.99 Å². The fraction of sp³-hybridized carbons (Fsp3) is 0.300. The topological polar surface area (TPSA) is 117 Å². The summed E-state index contributed by atoms with van der Waals surface area (Å²) in [6.07, 6.45) is 1.65. The van der Waals surface area contributed by atoms with Gasteiger partial charge in [0.25, 0.3) is 6.47 Å². The van der Waals surface area contributed by atoms with Crippen molar-refractivity contribution < 1.29 is 28.2 Å². The van der Waals surface area contributed by atoms with E-state index >= 15 is 0 Å². The van der Waals surface area contributed by atoms with Gasteiger partial charge >= 0.3 is 12.0 Å². The third-order valence-electron chi connectivity index (χ3n) is 7.83. The van der Waals surface area contributed by atoms with Gasteiger partial charge in [-0.05, 0) is 23.8 Å². The Kier molecular flexibility index (Phi) is 8.60. The van der Waals surface area contributed by atoms with Gasteiger partial charge in [0.15, 0.2) is 10.8 Å². The molecule has 14 heteroatoms. The first kappa shape index (κ1) is 29.7. The number of halogens is 2. The first-order chi connectivity index (χ1) is 21.4. The van der Waals surface area contributed by atoms with Crippen molar-refractivity contribution in [3.05, 3.63) is 92.3 Å². The summed E-state index contributed by atoms with van der Waals surface area (Å²) in [4.78, 5) is 52.0. The summed E-state index contributed by atoms with van der Waals surface area (Å²) < 4.78 is 24.5. The van der Waals surface area contributed by atoms with Gasteiger partial charge in [0.05, 0.1) is 23.7 Å². The number of ether oxygens (including phenoxy) is 2. The fourth-order valence-corrected chi connectivity index (χ4v) is 6.55. The number of hydrogen-bond acceptors (Lipinski definition) is 10. The Balaban J connectivity index is 1.26. The van der Waals surface area contributed by atoms with E-state index < -0.39 is 17.8 Å². The molecule has 44 heavy (non-hydrogen) atoms. The Morgan fingerprint density at radius 1 is 1.20 bits per heavy atom. The molecule has 2 saturated heterocycles. The van der Waals surface area contributed by atoms with Crippen molar-refractivity contribution in [3.63, 3.8) is 0 Å². The van der Waals surface area contributed by atoms with Crippen LogP contribution in [0.15, 0.2) is 70.3 Å². The molecule has 3 aromatic rings. The second kappa shape index (κ2) is 12.7. The number of benzene rings is 2. The molecule has 2 fully saturated rings. The number of anilines is 1. The molecule has 0 radical (unpaired) electrons. The standard InChI is InChI=1S/C30H28ClFN6O5S/c1-42-29(40)24-23(34-27(28-33-9-12-44-28)35-26(24)21-3-2-4-22(32)25(21)31)15-36-10-11-37-20(13-36)14-38(30(37)41)19-7-5-18(6-8-19)16-43-17-39/h2-9,12,17,20,26H,10-11,13-16H2,1H3,(H,34,35)/t20-,26-/m0/s1. The smallest absolute Gasteiger partial charge is 0.338 e. The van der Waals surface area contributed by atoms with E-state index in [-0.39, 0.29) is 29.3 Å². The van der Waals surface area contributed by atoms with Crippen LogP contribution in [0.3, 0.4) is 0 Å². The van der Waals surface area contributed by atoms with E-state index in [1.165, 1.54) is 30.6 Å². The van der Waals surface area contributed by atoms with Crippen molar-refractivity contribution in [1.29, 1.82) is 0 Å². The first-order valence-electron chi connectivity index (χ1n) is 13.8. The molecule has 0 spiro atoms. The number of nitrogens with zero attached hydrogens (tertiary/aromatic N) is 5. The predicted molar refractivity (Wildman–Crippen MR) is 162 cm³/mol. The van der Waals surface area contributed by atoms with Crippen molar-refractivity contribution >= 4 is 52.9 Å². The Morgan fingerprint density at radius 3 is 2.75 bits per heavy atom. The number of thiazole rings is 1. The molecule has 0 bridgehead atoms. The van der Waals surface area contributed by atoms with Crippen molar-refractivity contribution in [3.8, 4) is 0 Å². The Hall–Kier alpha value is -4.33. The summed E-state index contributed by atoms with van der Waals surface area (Å²) in [5.41, 5.74) is 2.69. The molecule has 1 aromatic heterocycles. The van der Waals surface area contributed by atoms with E-state index in [2.05, 4.69) is 15.2 Å². The van der Waals surface area contributed by atoms with E-state index in [0.717, 1.165) is 11.3 Å². The minimum absolute atomic E-state index is 0.0733. The lowest BCUT2D eigenvalue weighted by molar-refractivity contribution is -0.136. The fourth-order valence-electron chi connectivity index (χ4n) is 5.73. The van der Waals surface area contributed by atoms with Gasteiger partial charge in [-0.25, -0.2) is 19.0 Å². The van der Waals surface area contributed by atoms with E-state index in [1.807, 2.05) is 34.5 Å². The van der Waals surface area contributed by atoms with Gasteiger partial charge in [0.2, 0.25) is 0 Å². The average molecular weight is 639 g/mol. The average Bonchev–Trinajstić information content (AvgIpc) is 3.69. The van der Waals surface area contributed by atoms with Crippen LogP contribution in [0.25, 0.3) is 0 Å². The molecular formula is C30H28ClFN6O5S. The van der Waals surface area contributed by atoms with E-state index in [0.29, 0.717) is 61.3 Å². The van der Waals surface area contributed by atoms with Crippen LogP contribution >= 0.6 is 22.9 Å². The number of aliphatic imine (C=N–C) groups is 1. The van der Waals surface area contributed by atoms with Crippen molar-refractivity contribution in [2.45, 2.75) is 18.7 Å². The van der Waals surface area contributed by atoms with E-state index in [9.17, 15) is 18.8 Å². The van der Waals surface area contributed by atoms with E-state index in [1.54, 1.807) is 17.2 Å². The quantitative estimate of drug-likeness (QED) is 0.278. The number of esters is 1. The third-order valence-corrected chi connectivity index (χ3v) is 9.01. The van der Waals surface area contributed by atoms with Crippen LogP contribution in [0.1, 0.15) is 22.2 Å². The maximum absolute atomic E-state index is 14.6. The van der Waals surface area contributed by atoms with Crippen LogP contribution in [0.4, 0.5) is 14.9 Å². The monoisotopic (exact) mass is 638 g/mol. The lowest BCUT2D eigenvalue weighted by atomic mass is 9.95. The number of amides is 2. The van der Waals surface area contributed by atoms with Crippen LogP contribution in [0, 0.1) is 5.82 Å². The zero-order valence-electron chi connectivity index (χ0n) is 23.6. The first-order valence-corrected chi connectivity index (χ1v) is 15.1. The lowest BCUT2D eigenvalue weighted by Gasteiger charge is -2.38. The predicted octanol–water partition coefficient (Wildman–Crippen LogP) is 3.75. The Labute approximate surface area is 261 Å². The number of hydrogen-bond donors (Lipinski definition) is 1. The molecule has 6 rings (SSSR count). The lowest BCUT2D eigenvalue weighted by Crippen LogP contribution is -2.53. The zero-order chi connectivity index (χ0) is 30.8. The highest BCUT2D eigenvalue weighted by molar-refractivity contribution is 7.11. The Bertz CT molecular complexity index is 1630. The second-order valence-corrected chi connectivity index (χ2v) is 11.7. The summed E-state index contributed by atoms with van der Waals surface area (Å²) in [6.45, 7) is 3.00. The maximum Gasteiger partial charge on any atom is 0.338 e. The van der Waals surface area contributed by atoms with Gasteiger partial charge in [-0.1, -0.05) is 35.9 Å². The molecule has 0 unspecified atom stereocenters. The number of piperazine rings is 1. The van der Waals surface area contributed by atoms with Gasteiger partial charge in [-0.3, -0.25) is 19.6 Å². The summed E-state index contributed by atoms with van der Waals surface area (Å²) in [6, 6.07) is 10.7. The highest BCUT2D eigenvalue weighted by Crippen LogP contribution is 2.38. The number of amidine groups is 1. The Morgan fingerprint density at radius 2 is 2.02 bits per heavy atom. The van der Waals surface area contributed by atoms with Crippen molar-refractivity contribution in [1.82, 2.24) is 20.1 Å². The van der Waals surface area contributed by atoms with Crippen LogP contribution in [0.5, 0.6) is 0 Å². The minimum Gasteiger partial charge on any atom is -0.466 e. The van der Waals surface area contributed by atoms with Crippen LogP contribution in [-0.4, -0.2) is 85.0 Å². The van der Waals surface area contributed by atoms with Gasteiger partial charge < -0.3 is 19.7 Å². The summed E-state index contributed by atoms with van der Waals surface area (Å²) >= 11 is 7.77. The molecule has 0 saturated carbocycles. The maximum atomic E-state index is 14.6. The van der Waals surface area contributed by atoms with Crippen LogP contribution in [0.2, 0.25) is 5.02 Å². The molecule has 228 valence electrons. The highest BCUT2D eigenvalue weighted by Gasteiger charge is 2.42. The largest absolute Gasteiger partial charge is 0.466 e. The third kappa shape index (κ3) is 5.77. The van der Waals surface area contributed by atoms with Crippen molar-refractivity contribution in [2.75, 3.05) is 44.7 Å². The molecule has 1 N–H and O–H groups in total. The summed E-state index contributed by atoms with van der Waals surface area (Å²) in [5.74, 6) is -0.784. The number of fused-ring (bicyclic) bond motifs is 1. The molecular weight excluding hydrogens is 611 g/mol. The van der Waals surface area contributed by atoms with Gasteiger partial charge in [-0.15, -0.1) is 11.3 Å². The summed E-state index contributed by atoms with van der Waals surface area (Å²) in [7, 11) is 1.29. The normalized spacial score (nSPS) is 20.2. The molecule has 11 nitrogen and oxygen atoms in total. The number of nitrogens with one attached hydrogen (secondary N) is 1. The molecule has 3 aliphatic heterocycles. The van der Waals surface area contributed by atoms with Gasteiger partial charge in [-0.2, -0.15) is 0 Å². The number of carbonyl (C=O) groups excluding carboxylic acids is 3. The summed E-state index contributed by atoms with van der Waals surface area (Å²) in [5, 5.41) is 5.60. The second-order valence-electron chi connectivity index (χ2n) is 10.4. The highest BCUT2D eigenvalue weighted by atomic mass is 35.5. The molecule has 2 aromatic carbocycles. The molecule has 2 amide bonds. The SMILES string of the molecule is COC(=O)C1=C(CN2CCN3C(=O)N(c4ccc(COC=O)cc4)C[C@@H]3C2)NC(c2nccs2)=N[C@H]1c1cccc(F)c1Cl. The molecule has 3 aliphatic rings. The molecule has 4 heterocycles. The number of carbonyl (C=O) groups is 3. The minimum atomic E-state index is -0.925. The number of urea groups is 1.